The van der Waals surface area contributed by atoms with Crippen LogP contribution in [0.3, 0.4) is 0 Å². The van der Waals surface area contributed by atoms with Gasteiger partial charge in [0.25, 0.3) is 5.56 Å². The van der Waals surface area contributed by atoms with Crippen molar-refractivity contribution in [2.75, 3.05) is 44.7 Å². The van der Waals surface area contributed by atoms with Gasteiger partial charge in [0.2, 0.25) is 0 Å². The number of nitrogens with zero attached hydrogens (tertiary/aromatic N) is 4. The fourth-order valence-corrected chi connectivity index (χ4v) is 6.25. The van der Waals surface area contributed by atoms with E-state index in [2.05, 4.69) is 16.8 Å². The Morgan fingerprint density at radius 3 is 2.51 bits per heavy atom. The topological polar surface area (TPSA) is 80.3 Å². The maximum absolute atomic E-state index is 14.0. The van der Waals surface area contributed by atoms with E-state index in [1.54, 1.807) is 29.7 Å². The highest BCUT2D eigenvalue weighted by Crippen LogP contribution is 2.35. The Balaban J connectivity index is 1.51. The number of hydrogen-bond donors (Lipinski definition) is 0. The van der Waals surface area contributed by atoms with Gasteiger partial charge < -0.3 is 19.0 Å². The summed E-state index contributed by atoms with van der Waals surface area (Å²) >= 11 is 7.47. The number of furan rings is 1. The number of likely N-dealkylation sites (N-methyl/N-ethyl adjacent to an activating group) is 1. The fraction of sp³-hybridized carbons (Fsp3) is 0.258. The predicted octanol–water partition coefficient (Wildman–Crippen LogP) is 3.93. The SMILES string of the molecule is CCOC(=O)C1=C(c2ccccc2)N=c2s/c(=C/c3ccc(N4CCN(C)CC4)o3)c(=O)n2[C@H]1c1ccc(Cl)cc1. The summed E-state index contributed by atoms with van der Waals surface area (Å²) in [6, 6.07) is 19.7. The van der Waals surface area contributed by atoms with Crippen LogP contribution in [0.1, 0.15) is 29.9 Å². The number of ether oxygens (including phenoxy) is 1. The lowest BCUT2D eigenvalue weighted by Gasteiger charge is -2.32. The van der Waals surface area contributed by atoms with E-state index < -0.39 is 12.0 Å². The lowest BCUT2D eigenvalue weighted by Crippen LogP contribution is -2.44. The van der Waals surface area contributed by atoms with E-state index in [-0.39, 0.29) is 12.2 Å². The number of carbonyl (C=O) groups excluding carboxylic acids is 1. The Hall–Kier alpha value is -3.92. The summed E-state index contributed by atoms with van der Waals surface area (Å²) < 4.78 is 13.7. The van der Waals surface area contributed by atoms with Crippen LogP contribution in [0.25, 0.3) is 11.8 Å². The number of halogens is 1. The van der Waals surface area contributed by atoms with Gasteiger partial charge in [0.05, 0.1) is 28.5 Å². The van der Waals surface area contributed by atoms with Crippen LogP contribution < -0.4 is 19.8 Å². The number of anilines is 1. The Morgan fingerprint density at radius 2 is 1.80 bits per heavy atom. The van der Waals surface area contributed by atoms with E-state index in [9.17, 15) is 9.59 Å². The molecule has 4 aromatic rings. The second-order valence-corrected chi connectivity index (χ2v) is 11.4. The minimum atomic E-state index is -0.752. The Labute approximate surface area is 246 Å². The van der Waals surface area contributed by atoms with Gasteiger partial charge in [-0.25, -0.2) is 9.79 Å². The average molecular weight is 589 g/mol. The van der Waals surface area contributed by atoms with Gasteiger partial charge in [-0.3, -0.25) is 9.36 Å². The maximum atomic E-state index is 14.0. The van der Waals surface area contributed by atoms with Gasteiger partial charge in [0.1, 0.15) is 5.76 Å². The number of esters is 1. The van der Waals surface area contributed by atoms with E-state index in [4.69, 9.17) is 25.7 Å². The largest absolute Gasteiger partial charge is 0.463 e. The summed E-state index contributed by atoms with van der Waals surface area (Å²) in [5, 5.41) is 0.556. The smallest absolute Gasteiger partial charge is 0.338 e. The molecule has 0 radical (unpaired) electrons. The van der Waals surface area contributed by atoms with Crippen molar-refractivity contribution < 1.29 is 13.9 Å². The number of rotatable bonds is 6. The second-order valence-electron chi connectivity index (χ2n) is 9.95. The number of carbonyl (C=O) groups is 1. The van der Waals surface area contributed by atoms with Crippen LogP contribution in [-0.4, -0.2) is 55.3 Å². The average Bonchev–Trinajstić information content (AvgIpc) is 3.58. The van der Waals surface area contributed by atoms with Crippen LogP contribution in [0.4, 0.5) is 5.88 Å². The second kappa shape index (κ2) is 11.5. The molecule has 1 atom stereocenters. The first-order valence-corrected chi connectivity index (χ1v) is 14.7. The molecule has 4 heterocycles. The monoisotopic (exact) mass is 588 g/mol. The van der Waals surface area contributed by atoms with Crippen LogP contribution in [0, 0.1) is 0 Å². The molecule has 0 amide bonds. The third kappa shape index (κ3) is 5.40. The third-order valence-corrected chi connectivity index (χ3v) is 8.50. The number of thiazole rings is 1. The highest BCUT2D eigenvalue weighted by molar-refractivity contribution is 7.07. The van der Waals surface area contributed by atoms with Crippen molar-refractivity contribution in [1.29, 1.82) is 0 Å². The highest BCUT2D eigenvalue weighted by atomic mass is 35.5. The zero-order valence-corrected chi connectivity index (χ0v) is 24.3. The van der Waals surface area contributed by atoms with Gasteiger partial charge in [0.15, 0.2) is 10.7 Å². The van der Waals surface area contributed by atoms with Gasteiger partial charge in [-0.05, 0) is 37.7 Å². The van der Waals surface area contributed by atoms with Crippen molar-refractivity contribution >= 4 is 46.6 Å². The molecule has 6 rings (SSSR count). The molecule has 41 heavy (non-hydrogen) atoms. The molecule has 2 aromatic heterocycles. The zero-order chi connectivity index (χ0) is 28.5. The van der Waals surface area contributed by atoms with Gasteiger partial charge in [-0.15, -0.1) is 0 Å². The van der Waals surface area contributed by atoms with E-state index >= 15 is 0 Å². The van der Waals surface area contributed by atoms with Gasteiger partial charge in [-0.2, -0.15) is 0 Å². The molecule has 210 valence electrons. The van der Waals surface area contributed by atoms with E-state index in [0.717, 1.165) is 43.2 Å². The van der Waals surface area contributed by atoms with Crippen LogP contribution in [-0.2, 0) is 9.53 Å². The zero-order valence-electron chi connectivity index (χ0n) is 22.7. The Bertz CT molecular complexity index is 1780. The summed E-state index contributed by atoms with van der Waals surface area (Å²) in [5.41, 5.74) is 2.00. The van der Waals surface area contributed by atoms with Crippen LogP contribution in [0.15, 0.2) is 86.5 Å². The molecule has 0 aliphatic carbocycles. The van der Waals surface area contributed by atoms with Crippen molar-refractivity contribution in [1.82, 2.24) is 9.47 Å². The number of hydrogen-bond acceptors (Lipinski definition) is 8. The molecule has 0 unspecified atom stereocenters. The number of fused-ring (bicyclic) bond motifs is 1. The van der Waals surface area contributed by atoms with Gasteiger partial charge >= 0.3 is 5.97 Å². The summed E-state index contributed by atoms with van der Waals surface area (Å²) in [5.74, 6) is 0.847. The quantitative estimate of drug-likeness (QED) is 0.318. The molecule has 1 saturated heterocycles. The minimum absolute atomic E-state index is 0.191. The van der Waals surface area contributed by atoms with Crippen molar-refractivity contribution in [3.8, 4) is 0 Å². The predicted molar refractivity (Wildman–Crippen MR) is 161 cm³/mol. The van der Waals surface area contributed by atoms with Gasteiger partial charge in [0, 0.05) is 48.9 Å². The molecule has 2 aliphatic rings. The highest BCUT2D eigenvalue weighted by Gasteiger charge is 2.35. The van der Waals surface area contributed by atoms with Gasteiger partial charge in [-0.1, -0.05) is 65.4 Å². The first-order valence-electron chi connectivity index (χ1n) is 13.5. The van der Waals surface area contributed by atoms with Crippen molar-refractivity contribution in [3.63, 3.8) is 0 Å². The molecule has 0 saturated carbocycles. The minimum Gasteiger partial charge on any atom is -0.463 e. The Kier molecular flexibility index (Phi) is 7.66. The molecular weight excluding hydrogens is 560 g/mol. The normalized spacial score (nSPS) is 17.9. The molecule has 0 N–H and O–H groups in total. The molecule has 8 nitrogen and oxygen atoms in total. The lowest BCUT2D eigenvalue weighted by atomic mass is 9.93. The van der Waals surface area contributed by atoms with E-state index in [1.165, 1.54) is 11.3 Å². The van der Waals surface area contributed by atoms with Crippen LogP contribution in [0.2, 0.25) is 5.02 Å². The number of benzene rings is 2. The summed E-state index contributed by atoms with van der Waals surface area (Å²) in [6.07, 6.45) is 1.75. The number of piperazine rings is 1. The Morgan fingerprint density at radius 1 is 1.07 bits per heavy atom. The summed E-state index contributed by atoms with van der Waals surface area (Å²) in [4.78, 5) is 37.4. The summed E-state index contributed by atoms with van der Waals surface area (Å²) in [7, 11) is 2.11. The third-order valence-electron chi connectivity index (χ3n) is 7.26. The molecular formula is C31H29ClN4O4S. The molecule has 10 heteroatoms. The van der Waals surface area contributed by atoms with E-state index in [1.807, 2.05) is 54.6 Å². The van der Waals surface area contributed by atoms with E-state index in [0.29, 0.717) is 31.4 Å². The lowest BCUT2D eigenvalue weighted by molar-refractivity contribution is -0.138. The molecule has 2 aliphatic heterocycles. The van der Waals surface area contributed by atoms with Crippen molar-refractivity contribution in [2.45, 2.75) is 13.0 Å². The molecule has 0 spiro atoms. The summed E-state index contributed by atoms with van der Waals surface area (Å²) in [6.45, 7) is 5.64. The standard InChI is InChI=1S/C31H29ClN4O4S/c1-3-39-30(38)26-27(20-7-5-4-6-8-20)33-31-36(28(26)21-9-11-22(32)12-10-21)29(37)24(41-31)19-23-13-14-25(40-23)35-17-15-34(2)16-18-35/h4-14,19,28H,3,15-18H2,1-2H3/b24-19+/t28-/m0/s1. The van der Waals surface area contributed by atoms with Crippen molar-refractivity contribution in [2.24, 2.45) is 4.99 Å². The molecule has 2 aromatic carbocycles. The molecule has 1 fully saturated rings. The first kappa shape index (κ1) is 27.3. The fourth-order valence-electron chi connectivity index (χ4n) is 5.15. The molecule has 0 bridgehead atoms. The maximum Gasteiger partial charge on any atom is 0.338 e. The number of aromatic nitrogens is 1. The van der Waals surface area contributed by atoms with Crippen molar-refractivity contribution in [3.05, 3.63) is 114 Å². The van der Waals surface area contributed by atoms with Crippen LogP contribution in [0.5, 0.6) is 0 Å². The first-order chi connectivity index (χ1) is 19.9. The van der Waals surface area contributed by atoms with Crippen LogP contribution >= 0.6 is 22.9 Å².